The highest BCUT2D eigenvalue weighted by molar-refractivity contribution is 6.35. The number of nitrogens with one attached hydrogen (secondary N) is 2. The highest BCUT2D eigenvalue weighted by Gasteiger charge is 2.35. The second-order valence-corrected chi connectivity index (χ2v) is 11.2. The number of anilines is 2. The Kier molecular flexibility index (Phi) is 9.35. The van der Waals surface area contributed by atoms with Crippen molar-refractivity contribution < 1.29 is 9.59 Å². The molecule has 1 aromatic carbocycles. The van der Waals surface area contributed by atoms with Crippen LogP contribution in [0.3, 0.4) is 0 Å². The van der Waals surface area contributed by atoms with Gasteiger partial charge in [0.15, 0.2) is 0 Å². The summed E-state index contributed by atoms with van der Waals surface area (Å²) >= 11 is 6.44. The molecule has 0 spiro atoms. The van der Waals surface area contributed by atoms with Crippen LogP contribution in [-0.2, 0) is 11.3 Å². The molecule has 1 fully saturated rings. The first-order chi connectivity index (χ1) is 21.2. The number of nitrogens with two attached hydrogens (primary N) is 1. The van der Waals surface area contributed by atoms with Crippen molar-refractivity contribution in [3.63, 3.8) is 0 Å². The van der Waals surface area contributed by atoms with E-state index in [4.69, 9.17) is 22.4 Å². The molecular formula is C30H36ClN11O2. The van der Waals surface area contributed by atoms with Gasteiger partial charge in [-0.2, -0.15) is 5.10 Å². The third-order valence-electron chi connectivity index (χ3n) is 7.87. The van der Waals surface area contributed by atoms with Crippen molar-refractivity contribution in [1.29, 1.82) is 0 Å². The van der Waals surface area contributed by atoms with Gasteiger partial charge in [-0.15, -0.1) is 0 Å². The van der Waals surface area contributed by atoms with Crippen molar-refractivity contribution in [2.45, 2.75) is 32.5 Å². The van der Waals surface area contributed by atoms with E-state index in [1.54, 1.807) is 24.9 Å². The molecule has 0 unspecified atom stereocenters. The maximum atomic E-state index is 13.5. The van der Waals surface area contributed by atoms with E-state index in [-0.39, 0.29) is 23.8 Å². The molecular weight excluding hydrogens is 582 g/mol. The van der Waals surface area contributed by atoms with Gasteiger partial charge in [-0.1, -0.05) is 29.8 Å². The number of halogens is 1. The van der Waals surface area contributed by atoms with E-state index in [9.17, 15) is 9.59 Å². The van der Waals surface area contributed by atoms with E-state index in [2.05, 4.69) is 47.5 Å². The van der Waals surface area contributed by atoms with Crippen LogP contribution < -0.4 is 21.4 Å². The fraction of sp³-hybridized carbons (Fsp3) is 0.367. The average molecular weight is 618 g/mol. The number of hydrogen-bond acceptors (Lipinski definition) is 10. The Morgan fingerprint density at radius 3 is 2.64 bits per heavy atom. The van der Waals surface area contributed by atoms with Crippen molar-refractivity contribution in [2.24, 2.45) is 15.9 Å². The van der Waals surface area contributed by atoms with Gasteiger partial charge in [-0.25, -0.2) is 15.0 Å². The third kappa shape index (κ3) is 6.63. The molecule has 5 rings (SSSR count). The monoisotopic (exact) mass is 617 g/mol. The molecule has 2 aliphatic rings. The molecule has 2 aromatic heterocycles. The summed E-state index contributed by atoms with van der Waals surface area (Å²) in [5.41, 5.74) is 3.15. The third-order valence-corrected chi connectivity index (χ3v) is 8.15. The van der Waals surface area contributed by atoms with Gasteiger partial charge in [0.25, 0.3) is 5.91 Å². The molecule has 1 saturated heterocycles. The second-order valence-electron chi connectivity index (χ2n) is 10.8. The first-order valence-corrected chi connectivity index (χ1v) is 14.7. The number of aliphatic imine (C=N–C) groups is 1. The number of benzene rings is 1. The fourth-order valence-corrected chi connectivity index (χ4v) is 5.39. The maximum Gasteiger partial charge on any atom is 0.255 e. The Morgan fingerprint density at radius 2 is 1.91 bits per heavy atom. The summed E-state index contributed by atoms with van der Waals surface area (Å²) in [4.78, 5) is 50.6. The highest BCUT2D eigenvalue weighted by atomic mass is 35.5. The highest BCUT2D eigenvalue weighted by Crippen LogP contribution is 2.32. The number of nitrogens with zero attached hydrogens (tertiary/aromatic N) is 8. The van der Waals surface area contributed by atoms with E-state index in [1.807, 2.05) is 37.3 Å². The summed E-state index contributed by atoms with van der Waals surface area (Å²) in [6, 6.07) is 10.3. The summed E-state index contributed by atoms with van der Waals surface area (Å²) in [7, 11) is 3.69. The number of likely N-dealkylation sites (N-methyl/N-ethyl adjacent to an activating group) is 1. The predicted molar refractivity (Wildman–Crippen MR) is 172 cm³/mol. The number of pyridine rings is 1. The molecule has 4 N–H and O–H groups in total. The number of amidine groups is 1. The Labute approximate surface area is 261 Å². The van der Waals surface area contributed by atoms with Crippen LogP contribution in [-0.4, -0.2) is 94.9 Å². The van der Waals surface area contributed by atoms with Gasteiger partial charge in [0.1, 0.15) is 17.7 Å². The minimum atomic E-state index is -0.698. The van der Waals surface area contributed by atoms with Gasteiger partial charge in [-0.05, 0) is 44.7 Å². The molecule has 3 aromatic rings. The van der Waals surface area contributed by atoms with Crippen molar-refractivity contribution in [3.8, 4) is 11.3 Å². The fourth-order valence-electron chi connectivity index (χ4n) is 5.19. The van der Waals surface area contributed by atoms with Crippen LogP contribution in [0, 0.1) is 0 Å². The summed E-state index contributed by atoms with van der Waals surface area (Å²) in [5.74, 6) is 6.23. The molecule has 2 amide bonds. The van der Waals surface area contributed by atoms with E-state index in [1.165, 1.54) is 12.4 Å². The van der Waals surface area contributed by atoms with Gasteiger partial charge in [0.05, 0.1) is 34.9 Å². The summed E-state index contributed by atoms with van der Waals surface area (Å²) in [6.45, 7) is 7.72. The minimum Gasteiger partial charge on any atom is -0.354 e. The average Bonchev–Trinajstić information content (AvgIpc) is 3.36. The lowest BCUT2D eigenvalue weighted by atomic mass is 10.0. The number of carbonyl (C=O) groups excluding carboxylic acids is 2. The number of carbonyl (C=O) groups is 2. The molecule has 14 heteroatoms. The number of fused-ring (bicyclic) bond motifs is 1. The van der Waals surface area contributed by atoms with Gasteiger partial charge < -0.3 is 31.2 Å². The number of rotatable bonds is 8. The molecule has 2 atom stereocenters. The van der Waals surface area contributed by atoms with E-state index >= 15 is 0 Å². The van der Waals surface area contributed by atoms with Crippen LogP contribution >= 0.6 is 11.6 Å². The van der Waals surface area contributed by atoms with Crippen molar-refractivity contribution in [3.05, 3.63) is 64.4 Å². The molecule has 4 heterocycles. The van der Waals surface area contributed by atoms with Crippen molar-refractivity contribution in [1.82, 2.24) is 30.1 Å². The number of hydrogen-bond donors (Lipinski definition) is 3. The lowest BCUT2D eigenvalue weighted by Crippen LogP contribution is -2.46. The smallest absolute Gasteiger partial charge is 0.255 e. The van der Waals surface area contributed by atoms with Crippen LogP contribution in [0.5, 0.6) is 0 Å². The summed E-state index contributed by atoms with van der Waals surface area (Å²) in [6.07, 6.45) is 2.80. The number of aromatic nitrogens is 3. The van der Waals surface area contributed by atoms with Crippen LogP contribution in [0.4, 0.5) is 11.8 Å². The Morgan fingerprint density at radius 1 is 1.14 bits per heavy atom. The number of amides is 2. The Balaban J connectivity index is 1.27. The SMILES string of the molecule is CN=C(C=NN)Nc1ncc(Cl)c(-c2ccc3c(c2)C(=O)N([C@H](C)C(=O)N[C@H](C)c2cccc(N4CCN(C)CC4)n2)C3)n1. The number of piperazine rings is 1. The van der Waals surface area contributed by atoms with E-state index < -0.39 is 6.04 Å². The first-order valence-electron chi connectivity index (χ1n) is 14.3. The largest absolute Gasteiger partial charge is 0.354 e. The molecule has 2 aliphatic heterocycles. The van der Waals surface area contributed by atoms with Gasteiger partial charge >= 0.3 is 0 Å². The molecule has 0 aliphatic carbocycles. The van der Waals surface area contributed by atoms with E-state index in [0.717, 1.165) is 43.3 Å². The summed E-state index contributed by atoms with van der Waals surface area (Å²) < 4.78 is 0. The van der Waals surface area contributed by atoms with E-state index in [0.29, 0.717) is 34.2 Å². The first kappa shape index (κ1) is 30.8. The van der Waals surface area contributed by atoms with Gasteiger partial charge in [0, 0.05) is 50.9 Å². The maximum absolute atomic E-state index is 13.5. The lowest BCUT2D eigenvalue weighted by Gasteiger charge is -2.33. The molecule has 0 saturated carbocycles. The Bertz CT molecular complexity index is 1600. The molecule has 230 valence electrons. The normalized spacial score (nSPS) is 17.1. The zero-order valence-electron chi connectivity index (χ0n) is 25.2. The molecule has 44 heavy (non-hydrogen) atoms. The predicted octanol–water partition coefficient (Wildman–Crippen LogP) is 2.55. The Hall–Kier alpha value is -4.62. The zero-order chi connectivity index (χ0) is 31.4. The molecule has 13 nitrogen and oxygen atoms in total. The van der Waals surface area contributed by atoms with Gasteiger partial charge in [-0.3, -0.25) is 14.6 Å². The standard InChI is InChI=1S/C30H36ClN11O2/c1-18(24-6-5-7-26(37-24)41-12-10-40(4)11-13-41)36-28(43)19(2)42-17-21-9-8-20(14-22(21)29(42)44)27-23(31)15-34-30(39-27)38-25(33-3)16-35-32/h5-9,14-16,18-19H,10-13,17,32H2,1-4H3,(H,36,43)(H,33,34,38,39)/t18-,19-/m1/s1. The number of hydrazone groups is 1. The van der Waals surface area contributed by atoms with Crippen molar-refractivity contribution in [2.75, 3.05) is 50.5 Å². The van der Waals surface area contributed by atoms with Crippen LogP contribution in [0.25, 0.3) is 11.3 Å². The molecule has 0 bridgehead atoms. The van der Waals surface area contributed by atoms with Crippen molar-refractivity contribution >= 4 is 47.2 Å². The topological polar surface area (TPSA) is 157 Å². The van der Waals surface area contributed by atoms with Crippen LogP contribution in [0.1, 0.15) is 41.5 Å². The van der Waals surface area contributed by atoms with Gasteiger partial charge in [0.2, 0.25) is 11.9 Å². The molecule has 0 radical (unpaired) electrons. The van der Waals surface area contributed by atoms with Crippen LogP contribution in [0.2, 0.25) is 5.02 Å². The van der Waals surface area contributed by atoms with Crippen LogP contribution in [0.15, 0.2) is 52.7 Å². The minimum absolute atomic E-state index is 0.237. The lowest BCUT2D eigenvalue weighted by molar-refractivity contribution is -0.125. The summed E-state index contributed by atoms with van der Waals surface area (Å²) in [5, 5.41) is 9.74. The zero-order valence-corrected chi connectivity index (χ0v) is 25.9. The second kappa shape index (κ2) is 13.3. The quantitative estimate of drug-likeness (QED) is 0.149.